The van der Waals surface area contributed by atoms with E-state index >= 15 is 0 Å². The Kier molecular flexibility index (Phi) is 3.40. The third-order valence-corrected chi connectivity index (χ3v) is 4.50. The lowest BCUT2D eigenvalue weighted by molar-refractivity contribution is 0.315. The quantitative estimate of drug-likeness (QED) is 0.711. The van der Waals surface area contributed by atoms with E-state index in [0.29, 0.717) is 0 Å². The Balaban J connectivity index is 2.42. The van der Waals surface area contributed by atoms with Crippen LogP contribution in [-0.2, 0) is 9.09 Å². The number of hydrogen-bond acceptors (Lipinski definition) is 4. The molecule has 11 heavy (non-hydrogen) atoms. The zero-order valence-electron chi connectivity index (χ0n) is 6.10. The standard InChI is InChI=1S/C5H7O3PS2/c1-3-4(2)11-5(10-3)8-9(6)7/h5H,1-2H3/p+1. The summed E-state index contributed by atoms with van der Waals surface area (Å²) in [5.41, 5.74) is 0. The highest BCUT2D eigenvalue weighted by Crippen LogP contribution is 2.48. The SMILES string of the molecule is CC1=C(C)SC(O[P+](=O)O)S1. The van der Waals surface area contributed by atoms with Crippen LogP contribution in [0.4, 0.5) is 0 Å². The summed E-state index contributed by atoms with van der Waals surface area (Å²) in [4.78, 5) is 10.8. The van der Waals surface area contributed by atoms with Gasteiger partial charge in [-0.1, -0.05) is 28.0 Å². The first-order valence-electron chi connectivity index (χ1n) is 2.93. The lowest BCUT2D eigenvalue weighted by Gasteiger charge is -1.96. The van der Waals surface area contributed by atoms with Gasteiger partial charge in [-0.05, 0) is 23.7 Å². The Labute approximate surface area is 74.5 Å². The van der Waals surface area contributed by atoms with E-state index in [1.165, 1.54) is 23.5 Å². The maximum Gasteiger partial charge on any atom is 0.696 e. The van der Waals surface area contributed by atoms with Crippen molar-refractivity contribution in [1.29, 1.82) is 0 Å². The molecule has 1 rings (SSSR count). The van der Waals surface area contributed by atoms with Crippen molar-refractivity contribution in [2.75, 3.05) is 0 Å². The fraction of sp³-hybridized carbons (Fsp3) is 0.600. The van der Waals surface area contributed by atoms with Gasteiger partial charge in [0, 0.05) is 4.57 Å². The summed E-state index contributed by atoms with van der Waals surface area (Å²) >= 11 is 2.96. The number of allylic oxidation sites excluding steroid dienone is 2. The van der Waals surface area contributed by atoms with E-state index in [1.54, 1.807) is 0 Å². The van der Waals surface area contributed by atoms with Gasteiger partial charge in [-0.25, -0.2) is 0 Å². The van der Waals surface area contributed by atoms with Crippen LogP contribution in [0, 0.1) is 0 Å². The Morgan fingerprint density at radius 1 is 1.45 bits per heavy atom. The lowest BCUT2D eigenvalue weighted by atomic mass is 10.6. The maximum atomic E-state index is 10.2. The summed E-state index contributed by atoms with van der Waals surface area (Å²) in [7, 11) is -2.47. The molecule has 0 aliphatic carbocycles. The Hall–Kier alpha value is 0.460. The Morgan fingerprint density at radius 3 is 2.27 bits per heavy atom. The van der Waals surface area contributed by atoms with Gasteiger partial charge in [-0.3, -0.25) is 0 Å². The van der Waals surface area contributed by atoms with Gasteiger partial charge in [0.1, 0.15) is 0 Å². The van der Waals surface area contributed by atoms with Gasteiger partial charge in [0.05, 0.1) is 0 Å². The van der Waals surface area contributed by atoms with Crippen LogP contribution in [0.3, 0.4) is 0 Å². The second kappa shape index (κ2) is 3.92. The molecular weight excluding hydrogens is 203 g/mol. The van der Waals surface area contributed by atoms with E-state index in [2.05, 4.69) is 0 Å². The molecule has 1 aliphatic heterocycles. The van der Waals surface area contributed by atoms with Crippen LogP contribution in [0.2, 0.25) is 0 Å². The maximum absolute atomic E-state index is 10.2. The molecule has 0 aromatic heterocycles. The molecule has 1 atom stereocenters. The van der Waals surface area contributed by atoms with Crippen LogP contribution in [-0.4, -0.2) is 9.66 Å². The molecule has 6 heteroatoms. The van der Waals surface area contributed by atoms with Gasteiger partial charge in [0.2, 0.25) is 4.77 Å². The van der Waals surface area contributed by atoms with Crippen molar-refractivity contribution >= 4 is 31.8 Å². The minimum atomic E-state index is -2.47. The van der Waals surface area contributed by atoms with Gasteiger partial charge in [0.15, 0.2) is 0 Å². The summed E-state index contributed by atoms with van der Waals surface area (Å²) in [6.45, 7) is 3.95. The second-order valence-corrected chi connectivity index (χ2v) is 5.52. The normalized spacial score (nSPS) is 21.2. The first-order valence-corrected chi connectivity index (χ1v) is 5.82. The molecule has 0 saturated carbocycles. The van der Waals surface area contributed by atoms with E-state index in [4.69, 9.17) is 9.42 Å². The van der Waals surface area contributed by atoms with Gasteiger partial charge in [0.25, 0.3) is 0 Å². The predicted octanol–water partition coefficient (Wildman–Crippen LogP) is 2.67. The lowest BCUT2D eigenvalue weighted by Crippen LogP contribution is -1.91. The largest absolute Gasteiger partial charge is 0.696 e. The zero-order valence-corrected chi connectivity index (χ0v) is 8.63. The Bertz CT molecular complexity index is 202. The van der Waals surface area contributed by atoms with E-state index in [9.17, 15) is 4.57 Å². The first-order chi connectivity index (χ1) is 5.09. The van der Waals surface area contributed by atoms with Gasteiger partial charge in [-0.15, -0.1) is 4.89 Å². The molecule has 3 nitrogen and oxygen atoms in total. The molecular formula is C5H8O3PS2+. The topological polar surface area (TPSA) is 46.5 Å². The van der Waals surface area contributed by atoms with E-state index in [-0.39, 0.29) is 4.77 Å². The minimum absolute atomic E-state index is 0.233. The molecule has 1 aliphatic rings. The van der Waals surface area contributed by atoms with Crippen LogP contribution >= 0.6 is 31.8 Å². The van der Waals surface area contributed by atoms with Crippen molar-refractivity contribution in [1.82, 2.24) is 0 Å². The highest BCUT2D eigenvalue weighted by Gasteiger charge is 2.30. The summed E-state index contributed by atoms with van der Waals surface area (Å²) in [6.07, 6.45) is 0. The number of thioether (sulfide) groups is 2. The van der Waals surface area contributed by atoms with E-state index < -0.39 is 8.25 Å². The molecule has 1 N–H and O–H groups in total. The molecule has 1 heterocycles. The van der Waals surface area contributed by atoms with Crippen molar-refractivity contribution in [3.8, 4) is 0 Å². The van der Waals surface area contributed by atoms with Crippen molar-refractivity contribution < 1.29 is 14.0 Å². The molecule has 62 valence electrons. The second-order valence-electron chi connectivity index (χ2n) is 1.98. The van der Waals surface area contributed by atoms with Gasteiger partial charge < -0.3 is 0 Å². The Morgan fingerprint density at radius 2 is 1.91 bits per heavy atom. The van der Waals surface area contributed by atoms with Crippen molar-refractivity contribution in [2.24, 2.45) is 0 Å². The molecule has 0 aromatic rings. The van der Waals surface area contributed by atoms with Crippen LogP contribution in [0.1, 0.15) is 13.8 Å². The fourth-order valence-electron chi connectivity index (χ4n) is 0.595. The first kappa shape index (κ1) is 9.55. The van der Waals surface area contributed by atoms with Gasteiger partial charge in [-0.2, -0.15) is 0 Å². The summed E-state index contributed by atoms with van der Waals surface area (Å²) in [5, 5.41) is 0. The highest BCUT2D eigenvalue weighted by atomic mass is 32.2. The van der Waals surface area contributed by atoms with E-state index in [1.807, 2.05) is 13.8 Å². The molecule has 1 unspecified atom stereocenters. The van der Waals surface area contributed by atoms with Crippen molar-refractivity contribution in [2.45, 2.75) is 18.6 Å². The molecule has 0 amide bonds. The average molecular weight is 211 g/mol. The van der Waals surface area contributed by atoms with Crippen LogP contribution in [0.25, 0.3) is 0 Å². The minimum Gasteiger partial charge on any atom is -0.133 e. The van der Waals surface area contributed by atoms with Gasteiger partial charge >= 0.3 is 8.25 Å². The monoisotopic (exact) mass is 211 g/mol. The summed E-state index contributed by atoms with van der Waals surface area (Å²) < 4.78 is 14.7. The summed E-state index contributed by atoms with van der Waals surface area (Å²) in [6, 6.07) is 0. The van der Waals surface area contributed by atoms with Crippen LogP contribution in [0.5, 0.6) is 0 Å². The zero-order chi connectivity index (χ0) is 8.43. The average Bonchev–Trinajstić information content (AvgIpc) is 2.10. The number of rotatable bonds is 2. The molecule has 0 radical (unpaired) electrons. The summed E-state index contributed by atoms with van der Waals surface area (Å²) in [5.74, 6) is 0. The molecule has 0 fully saturated rings. The molecule has 0 aromatic carbocycles. The molecule has 0 spiro atoms. The van der Waals surface area contributed by atoms with Crippen molar-refractivity contribution in [3.63, 3.8) is 0 Å². The third kappa shape index (κ3) is 2.76. The predicted molar refractivity (Wildman–Crippen MR) is 48.3 cm³/mol. The third-order valence-electron chi connectivity index (χ3n) is 1.22. The molecule has 0 bridgehead atoms. The number of hydrogen-bond donors (Lipinski definition) is 1. The molecule has 0 saturated heterocycles. The highest BCUT2D eigenvalue weighted by molar-refractivity contribution is 8.23. The fourth-order valence-corrected chi connectivity index (χ4v) is 3.79. The van der Waals surface area contributed by atoms with Crippen LogP contribution < -0.4 is 0 Å². The van der Waals surface area contributed by atoms with E-state index in [0.717, 1.165) is 9.81 Å². The van der Waals surface area contributed by atoms with Crippen molar-refractivity contribution in [3.05, 3.63) is 9.81 Å². The van der Waals surface area contributed by atoms with Crippen LogP contribution in [0.15, 0.2) is 9.81 Å². The smallest absolute Gasteiger partial charge is 0.133 e.